The van der Waals surface area contributed by atoms with E-state index in [0.29, 0.717) is 44.7 Å². The number of carbonyl (C=O) groups excluding carboxylic acids is 2. The summed E-state index contributed by atoms with van der Waals surface area (Å²) >= 11 is 0. The van der Waals surface area contributed by atoms with Crippen LogP contribution in [0.15, 0.2) is 30.5 Å². The second kappa shape index (κ2) is 11.3. The number of alkyl halides is 3. The molecule has 1 aromatic carbocycles. The fourth-order valence-electron chi connectivity index (χ4n) is 6.88. The van der Waals surface area contributed by atoms with Crippen molar-refractivity contribution in [2.75, 3.05) is 45.9 Å². The Morgan fingerprint density at radius 1 is 0.854 bits per heavy atom. The van der Waals surface area contributed by atoms with Crippen LogP contribution in [0.5, 0.6) is 0 Å². The van der Waals surface area contributed by atoms with Crippen LogP contribution in [0, 0.1) is 5.92 Å². The first-order chi connectivity index (χ1) is 19.7. The van der Waals surface area contributed by atoms with Gasteiger partial charge in [0.05, 0.1) is 29.1 Å². The quantitative estimate of drug-likeness (QED) is 0.554. The molecule has 4 heterocycles. The van der Waals surface area contributed by atoms with Gasteiger partial charge in [-0.2, -0.15) is 18.3 Å². The first kappa shape index (κ1) is 28.1. The minimum absolute atomic E-state index is 0.0641. The lowest BCUT2D eigenvalue weighted by molar-refractivity contribution is -0.138. The zero-order valence-corrected chi connectivity index (χ0v) is 23.2. The number of piperidine rings is 2. The molecule has 2 aromatic rings. The zero-order valence-electron chi connectivity index (χ0n) is 23.2. The summed E-state index contributed by atoms with van der Waals surface area (Å²) in [5.41, 5.74) is 1.16. The van der Waals surface area contributed by atoms with Gasteiger partial charge >= 0.3 is 12.2 Å². The maximum Gasteiger partial charge on any atom is 0.416 e. The highest BCUT2D eigenvalue weighted by atomic mass is 19.4. The van der Waals surface area contributed by atoms with Crippen LogP contribution in [0.3, 0.4) is 0 Å². The van der Waals surface area contributed by atoms with Crippen molar-refractivity contribution in [3.63, 3.8) is 0 Å². The van der Waals surface area contributed by atoms with Gasteiger partial charge in [0.1, 0.15) is 0 Å². The van der Waals surface area contributed by atoms with Gasteiger partial charge in [0.25, 0.3) is 5.91 Å². The summed E-state index contributed by atoms with van der Waals surface area (Å²) in [6, 6.07) is 5.84. The molecule has 11 heteroatoms. The topological polar surface area (TPSA) is 81.9 Å². The Balaban J connectivity index is 1.11. The summed E-state index contributed by atoms with van der Waals surface area (Å²) in [5.74, 6) is 0.0503. The monoisotopic (exact) mass is 573 g/mol. The average molecular weight is 574 g/mol. The summed E-state index contributed by atoms with van der Waals surface area (Å²) < 4.78 is 42.9. The zero-order chi connectivity index (χ0) is 28.7. The van der Waals surface area contributed by atoms with Crippen molar-refractivity contribution in [3.05, 3.63) is 52.8 Å². The normalized spacial score (nSPS) is 22.9. The molecule has 3 amide bonds. The van der Waals surface area contributed by atoms with Crippen LogP contribution < -0.4 is 0 Å². The van der Waals surface area contributed by atoms with Crippen LogP contribution in [-0.4, -0.2) is 87.4 Å². The Labute approximate surface area is 238 Å². The third-order valence-electron chi connectivity index (χ3n) is 9.43. The van der Waals surface area contributed by atoms with Crippen LogP contribution in [0.1, 0.15) is 90.0 Å². The third kappa shape index (κ3) is 5.69. The SMILES string of the molecule is O=C(c1cnn(C2CCN(C(=O)N3CCC(CO)CC3)CC2)c1C1CC1)N1CC[C@@H](c2ccccc2C(F)(F)F)C1. The van der Waals surface area contributed by atoms with Crippen molar-refractivity contribution in [1.29, 1.82) is 0 Å². The standard InChI is InChI=1S/C30H38F3N5O3/c31-30(32,33)26-4-2-1-3-24(26)22-9-14-37(18-22)28(40)25-17-34-38(27(25)21-5-6-21)23-10-15-36(16-11-23)29(41)35-12-7-20(19-39)8-13-35/h1-4,17,20-23,39H,5-16,18-19H2/t22-/m1/s1. The molecule has 3 aliphatic heterocycles. The number of hydrogen-bond acceptors (Lipinski definition) is 4. The first-order valence-electron chi connectivity index (χ1n) is 14.9. The van der Waals surface area contributed by atoms with Crippen LogP contribution >= 0.6 is 0 Å². The van der Waals surface area contributed by atoms with Gasteiger partial charge in [0.15, 0.2) is 0 Å². The minimum atomic E-state index is -4.43. The summed E-state index contributed by atoms with van der Waals surface area (Å²) in [4.78, 5) is 32.3. The fourth-order valence-corrected chi connectivity index (χ4v) is 6.88. The van der Waals surface area contributed by atoms with Gasteiger partial charge in [-0.25, -0.2) is 4.79 Å². The van der Waals surface area contributed by atoms with Crippen LogP contribution in [-0.2, 0) is 6.18 Å². The van der Waals surface area contributed by atoms with Gasteiger partial charge in [0.2, 0.25) is 0 Å². The number of amides is 3. The molecule has 222 valence electrons. The number of urea groups is 1. The van der Waals surface area contributed by atoms with Crippen molar-refractivity contribution in [1.82, 2.24) is 24.5 Å². The average Bonchev–Trinajstić information content (AvgIpc) is 3.53. The summed E-state index contributed by atoms with van der Waals surface area (Å²) in [7, 11) is 0. The van der Waals surface area contributed by atoms with E-state index in [-0.39, 0.29) is 54.4 Å². The van der Waals surface area contributed by atoms with E-state index < -0.39 is 11.7 Å². The molecular weight excluding hydrogens is 535 g/mol. The molecule has 1 saturated carbocycles. The summed E-state index contributed by atoms with van der Waals surface area (Å²) in [6.45, 7) is 3.47. The van der Waals surface area contributed by atoms with Crippen molar-refractivity contribution in [2.45, 2.75) is 69.0 Å². The third-order valence-corrected chi connectivity index (χ3v) is 9.43. The first-order valence-corrected chi connectivity index (χ1v) is 14.9. The molecule has 0 spiro atoms. The lowest BCUT2D eigenvalue weighted by atomic mass is 9.93. The van der Waals surface area contributed by atoms with E-state index in [1.54, 1.807) is 17.2 Å². The number of aliphatic hydroxyl groups is 1. The summed E-state index contributed by atoms with van der Waals surface area (Å²) in [5, 5.41) is 14.1. The Kier molecular flexibility index (Phi) is 7.74. The molecule has 6 rings (SSSR count). The molecule has 1 atom stereocenters. The van der Waals surface area contributed by atoms with E-state index in [2.05, 4.69) is 5.10 Å². The van der Waals surface area contributed by atoms with Crippen LogP contribution in [0.4, 0.5) is 18.0 Å². The molecule has 0 unspecified atom stereocenters. The Bertz CT molecular complexity index is 1260. The minimum Gasteiger partial charge on any atom is -0.396 e. The maximum atomic E-state index is 13.7. The molecule has 1 N–H and O–H groups in total. The predicted molar refractivity (Wildman–Crippen MR) is 146 cm³/mol. The van der Waals surface area contributed by atoms with Crippen LogP contribution in [0.25, 0.3) is 0 Å². The van der Waals surface area contributed by atoms with E-state index in [4.69, 9.17) is 0 Å². The van der Waals surface area contributed by atoms with Gasteiger partial charge in [-0.15, -0.1) is 0 Å². The lowest BCUT2D eigenvalue weighted by Crippen LogP contribution is -2.49. The lowest BCUT2D eigenvalue weighted by Gasteiger charge is -2.38. The van der Waals surface area contributed by atoms with E-state index >= 15 is 0 Å². The van der Waals surface area contributed by atoms with Crippen molar-refractivity contribution < 1.29 is 27.9 Å². The number of carbonyl (C=O) groups is 2. The number of nitrogens with zero attached hydrogens (tertiary/aromatic N) is 5. The Morgan fingerprint density at radius 3 is 2.12 bits per heavy atom. The molecule has 41 heavy (non-hydrogen) atoms. The Hall–Kier alpha value is -3.08. The number of aliphatic hydroxyl groups excluding tert-OH is 1. The van der Waals surface area contributed by atoms with Crippen molar-refractivity contribution >= 4 is 11.9 Å². The number of rotatable bonds is 5. The molecule has 0 radical (unpaired) electrons. The highest BCUT2D eigenvalue weighted by Crippen LogP contribution is 2.44. The highest BCUT2D eigenvalue weighted by molar-refractivity contribution is 5.95. The van der Waals surface area contributed by atoms with Crippen LogP contribution in [0.2, 0.25) is 0 Å². The molecule has 1 aromatic heterocycles. The molecule has 4 aliphatic rings. The second-order valence-electron chi connectivity index (χ2n) is 12.1. The maximum absolute atomic E-state index is 13.7. The van der Waals surface area contributed by atoms with E-state index in [1.807, 2.05) is 14.5 Å². The number of halogens is 3. The van der Waals surface area contributed by atoms with Gasteiger partial charge in [-0.3, -0.25) is 9.48 Å². The number of benzene rings is 1. The van der Waals surface area contributed by atoms with E-state index in [0.717, 1.165) is 50.3 Å². The van der Waals surface area contributed by atoms with E-state index in [1.165, 1.54) is 12.1 Å². The molecule has 4 fully saturated rings. The molecular formula is C30H38F3N5O3. The largest absolute Gasteiger partial charge is 0.416 e. The number of aromatic nitrogens is 2. The molecule has 8 nitrogen and oxygen atoms in total. The van der Waals surface area contributed by atoms with Crippen molar-refractivity contribution in [2.24, 2.45) is 5.92 Å². The smallest absolute Gasteiger partial charge is 0.396 e. The number of hydrogen-bond donors (Lipinski definition) is 1. The van der Waals surface area contributed by atoms with Crippen molar-refractivity contribution in [3.8, 4) is 0 Å². The Morgan fingerprint density at radius 2 is 1.49 bits per heavy atom. The highest BCUT2D eigenvalue weighted by Gasteiger charge is 2.40. The van der Waals surface area contributed by atoms with Gasteiger partial charge < -0.3 is 19.8 Å². The fraction of sp³-hybridized carbons (Fsp3) is 0.633. The number of likely N-dealkylation sites (tertiary alicyclic amines) is 3. The second-order valence-corrected chi connectivity index (χ2v) is 12.1. The van der Waals surface area contributed by atoms with Gasteiger partial charge in [-0.1, -0.05) is 18.2 Å². The molecule has 1 aliphatic carbocycles. The van der Waals surface area contributed by atoms with Gasteiger partial charge in [0, 0.05) is 57.7 Å². The van der Waals surface area contributed by atoms with Gasteiger partial charge in [-0.05, 0) is 62.5 Å². The summed E-state index contributed by atoms with van der Waals surface area (Å²) in [6.07, 6.45) is 2.89. The molecule has 3 saturated heterocycles. The molecule has 0 bridgehead atoms. The predicted octanol–water partition coefficient (Wildman–Crippen LogP) is 4.87. The van der Waals surface area contributed by atoms with E-state index in [9.17, 15) is 27.9 Å².